The Morgan fingerprint density at radius 2 is 2.04 bits per heavy atom. The Morgan fingerprint density at radius 1 is 1.18 bits per heavy atom. The van der Waals surface area contributed by atoms with Gasteiger partial charge in [-0.3, -0.25) is 9.78 Å². The molecule has 3 heterocycles. The molecule has 0 bridgehead atoms. The van der Waals surface area contributed by atoms with Crippen LogP contribution in [0.4, 0.5) is 4.39 Å². The van der Waals surface area contributed by atoms with Gasteiger partial charge >= 0.3 is 0 Å². The first kappa shape index (κ1) is 19.0. The van der Waals surface area contributed by atoms with Gasteiger partial charge in [-0.25, -0.2) is 12.8 Å². The van der Waals surface area contributed by atoms with Crippen LogP contribution in [0.15, 0.2) is 53.7 Å². The molecule has 6 nitrogen and oxygen atoms in total. The molecule has 4 rings (SSSR count). The molecule has 2 fully saturated rings. The lowest BCUT2D eigenvalue weighted by Gasteiger charge is -2.30. The fraction of sp³-hybridized carbons (Fsp3) is 0.400. The molecule has 2 aromatic rings. The first-order valence-corrected chi connectivity index (χ1v) is 10.8. The number of halogens is 1. The molecule has 1 aromatic heterocycles. The number of rotatable bonds is 4. The van der Waals surface area contributed by atoms with E-state index in [1.54, 1.807) is 23.1 Å². The maximum Gasteiger partial charge on any atom is 0.244 e. The highest BCUT2D eigenvalue weighted by atomic mass is 32.2. The summed E-state index contributed by atoms with van der Waals surface area (Å²) in [5.41, 5.74) is 0.711. The lowest BCUT2D eigenvalue weighted by Crippen LogP contribution is -2.43. The summed E-state index contributed by atoms with van der Waals surface area (Å²) in [6.45, 7) is 0.927. The van der Waals surface area contributed by atoms with E-state index in [0.717, 1.165) is 12.8 Å². The van der Waals surface area contributed by atoms with E-state index in [4.69, 9.17) is 0 Å². The van der Waals surface area contributed by atoms with E-state index in [0.29, 0.717) is 25.1 Å². The third-order valence-corrected chi connectivity index (χ3v) is 7.39. The van der Waals surface area contributed by atoms with Crippen LogP contribution in [-0.4, -0.2) is 47.6 Å². The standard InChI is InChI=1S/C20H22FN3O3S/c21-17-6-1-4-15(10-17)12-24-19-14-23(13-16(19)5-2-8-20(24)25)28(26,27)18-7-3-9-22-11-18/h1,3-4,6-7,9-11,16,19H,2,5,8,12-14H2/t16-,19+/m1/s1. The SMILES string of the molecule is O=C1CCC[C@@H]2CN(S(=O)(=O)c3cccnc3)C[C@@H]2N1Cc1cccc(F)c1. The summed E-state index contributed by atoms with van der Waals surface area (Å²) in [7, 11) is -3.66. The van der Waals surface area contributed by atoms with Crippen molar-refractivity contribution in [1.82, 2.24) is 14.2 Å². The van der Waals surface area contributed by atoms with Gasteiger partial charge in [0.05, 0.1) is 0 Å². The van der Waals surface area contributed by atoms with E-state index < -0.39 is 10.0 Å². The molecular formula is C20H22FN3O3S. The highest BCUT2D eigenvalue weighted by molar-refractivity contribution is 7.89. The molecule has 0 saturated carbocycles. The Hall–Kier alpha value is -2.32. The van der Waals surface area contributed by atoms with Gasteiger partial charge in [0, 0.05) is 44.5 Å². The molecule has 148 valence electrons. The number of carbonyl (C=O) groups excluding carboxylic acids is 1. The number of fused-ring (bicyclic) bond motifs is 1. The number of hydrogen-bond donors (Lipinski definition) is 0. The Morgan fingerprint density at radius 3 is 2.79 bits per heavy atom. The molecular weight excluding hydrogens is 381 g/mol. The number of nitrogens with zero attached hydrogens (tertiary/aromatic N) is 3. The first-order chi connectivity index (χ1) is 13.4. The van der Waals surface area contributed by atoms with Crippen molar-refractivity contribution >= 4 is 15.9 Å². The van der Waals surface area contributed by atoms with Gasteiger partial charge in [0.25, 0.3) is 0 Å². The van der Waals surface area contributed by atoms with E-state index >= 15 is 0 Å². The molecule has 0 N–H and O–H groups in total. The number of likely N-dealkylation sites (tertiary alicyclic amines) is 1. The summed E-state index contributed by atoms with van der Waals surface area (Å²) in [6.07, 6.45) is 4.86. The lowest BCUT2D eigenvalue weighted by molar-refractivity contribution is -0.133. The van der Waals surface area contributed by atoms with Crippen LogP contribution in [0.3, 0.4) is 0 Å². The van der Waals surface area contributed by atoms with E-state index in [2.05, 4.69) is 4.98 Å². The third-order valence-electron chi connectivity index (χ3n) is 5.57. The zero-order valence-corrected chi connectivity index (χ0v) is 16.2. The smallest absolute Gasteiger partial charge is 0.244 e. The number of hydrogen-bond acceptors (Lipinski definition) is 4. The molecule has 28 heavy (non-hydrogen) atoms. The van der Waals surface area contributed by atoms with Crippen LogP contribution in [0.5, 0.6) is 0 Å². The third kappa shape index (κ3) is 3.66. The number of benzene rings is 1. The van der Waals surface area contributed by atoms with Crippen molar-refractivity contribution < 1.29 is 17.6 Å². The number of amides is 1. The van der Waals surface area contributed by atoms with Crippen LogP contribution in [0, 0.1) is 11.7 Å². The van der Waals surface area contributed by atoms with Crippen LogP contribution in [-0.2, 0) is 21.4 Å². The fourth-order valence-corrected chi connectivity index (χ4v) is 5.66. The summed E-state index contributed by atoms with van der Waals surface area (Å²) < 4.78 is 41.0. The molecule has 0 unspecified atom stereocenters. The molecule has 0 radical (unpaired) electrons. The highest BCUT2D eigenvalue weighted by Gasteiger charge is 2.44. The van der Waals surface area contributed by atoms with Gasteiger partial charge in [0.15, 0.2) is 0 Å². The molecule has 2 atom stereocenters. The summed E-state index contributed by atoms with van der Waals surface area (Å²) in [6, 6.07) is 9.13. The van der Waals surface area contributed by atoms with Crippen molar-refractivity contribution in [2.45, 2.75) is 36.7 Å². The zero-order valence-electron chi connectivity index (χ0n) is 15.4. The van der Waals surface area contributed by atoms with Gasteiger partial charge in [-0.15, -0.1) is 0 Å². The van der Waals surface area contributed by atoms with E-state index in [1.807, 2.05) is 0 Å². The zero-order chi connectivity index (χ0) is 19.7. The Balaban J connectivity index is 1.60. The minimum absolute atomic E-state index is 0.00242. The van der Waals surface area contributed by atoms with E-state index in [1.165, 1.54) is 34.9 Å². The molecule has 2 aliphatic heterocycles. The Bertz CT molecular complexity index is 968. The largest absolute Gasteiger partial charge is 0.334 e. The van der Waals surface area contributed by atoms with Gasteiger partial charge in [-0.05, 0) is 48.6 Å². The van der Waals surface area contributed by atoms with Crippen molar-refractivity contribution in [2.75, 3.05) is 13.1 Å². The summed E-state index contributed by atoms with van der Waals surface area (Å²) >= 11 is 0. The predicted molar refractivity (Wildman–Crippen MR) is 101 cm³/mol. The van der Waals surface area contributed by atoms with Crippen molar-refractivity contribution in [3.8, 4) is 0 Å². The van der Waals surface area contributed by atoms with Crippen LogP contribution >= 0.6 is 0 Å². The molecule has 0 spiro atoms. The van der Waals surface area contributed by atoms with Crippen molar-refractivity contribution in [1.29, 1.82) is 0 Å². The fourth-order valence-electron chi connectivity index (χ4n) is 4.18. The number of sulfonamides is 1. The molecule has 2 saturated heterocycles. The number of pyridine rings is 1. The van der Waals surface area contributed by atoms with Crippen molar-refractivity contribution in [3.05, 3.63) is 60.2 Å². The van der Waals surface area contributed by atoms with Crippen LogP contribution in [0.1, 0.15) is 24.8 Å². The van der Waals surface area contributed by atoms with Gasteiger partial charge < -0.3 is 4.90 Å². The normalized spacial score (nSPS) is 23.5. The maximum absolute atomic E-state index is 13.6. The summed E-state index contributed by atoms with van der Waals surface area (Å²) in [5, 5.41) is 0. The van der Waals surface area contributed by atoms with Gasteiger partial charge in [0.1, 0.15) is 10.7 Å². The molecule has 0 aliphatic carbocycles. The minimum atomic E-state index is -3.66. The molecule has 1 aromatic carbocycles. The first-order valence-electron chi connectivity index (χ1n) is 9.39. The second-order valence-electron chi connectivity index (χ2n) is 7.38. The Kier molecular flexibility index (Phi) is 5.16. The maximum atomic E-state index is 13.6. The second kappa shape index (κ2) is 7.60. The van der Waals surface area contributed by atoms with Gasteiger partial charge in [-0.2, -0.15) is 4.31 Å². The summed E-state index contributed by atoms with van der Waals surface area (Å²) in [5.74, 6) is -0.271. The Labute approximate surface area is 164 Å². The van der Waals surface area contributed by atoms with Crippen molar-refractivity contribution in [2.24, 2.45) is 5.92 Å². The van der Waals surface area contributed by atoms with E-state index in [-0.39, 0.29) is 35.1 Å². The predicted octanol–water partition coefficient (Wildman–Crippen LogP) is 2.42. The summed E-state index contributed by atoms with van der Waals surface area (Å²) in [4.78, 5) is 18.5. The molecule has 1 amide bonds. The average Bonchev–Trinajstić information content (AvgIpc) is 3.06. The van der Waals surface area contributed by atoms with Crippen LogP contribution in [0.2, 0.25) is 0 Å². The van der Waals surface area contributed by atoms with Crippen molar-refractivity contribution in [3.63, 3.8) is 0 Å². The van der Waals surface area contributed by atoms with Crippen LogP contribution < -0.4 is 0 Å². The molecule has 2 aliphatic rings. The number of aromatic nitrogens is 1. The quantitative estimate of drug-likeness (QED) is 0.786. The second-order valence-corrected chi connectivity index (χ2v) is 9.32. The topological polar surface area (TPSA) is 70.6 Å². The van der Waals surface area contributed by atoms with E-state index in [9.17, 15) is 17.6 Å². The number of carbonyl (C=O) groups is 1. The average molecular weight is 403 g/mol. The minimum Gasteiger partial charge on any atom is -0.334 e. The van der Waals surface area contributed by atoms with Gasteiger partial charge in [0.2, 0.25) is 15.9 Å². The van der Waals surface area contributed by atoms with Gasteiger partial charge in [-0.1, -0.05) is 12.1 Å². The van der Waals surface area contributed by atoms with Crippen LogP contribution in [0.25, 0.3) is 0 Å². The molecule has 8 heteroatoms. The highest BCUT2D eigenvalue weighted by Crippen LogP contribution is 2.34. The monoisotopic (exact) mass is 403 g/mol. The lowest BCUT2D eigenvalue weighted by atomic mass is 9.98.